The first kappa shape index (κ1) is 25.2. The lowest BCUT2D eigenvalue weighted by atomic mass is 9.98. The van der Waals surface area contributed by atoms with Crippen molar-refractivity contribution < 1.29 is 33.4 Å². The number of aryl methyl sites for hydroxylation is 1. The van der Waals surface area contributed by atoms with Gasteiger partial charge in [0.05, 0.1) is 0 Å². The molecule has 0 atom stereocenters. The zero-order chi connectivity index (χ0) is 25.5. The van der Waals surface area contributed by atoms with E-state index < -0.39 is 10.2 Å². The Hall–Kier alpha value is -3.91. The van der Waals surface area contributed by atoms with Crippen LogP contribution in [0.5, 0.6) is 0 Å². The molecule has 0 aliphatic heterocycles. The largest absolute Gasteiger partial charge is 0.328 e. The SMILES string of the molecule is Cc1ccc(-c2cc(-c3ccccc3)cc(-c3ccccc3)[n+]2-c2ccccn2)cc1.[O-][Cl+3]([O-])([O-])[O-]. The molecule has 0 saturated heterocycles. The van der Waals surface area contributed by atoms with Crippen LogP contribution >= 0.6 is 0 Å². The highest BCUT2D eigenvalue weighted by Crippen LogP contribution is 2.30. The lowest BCUT2D eigenvalue weighted by Crippen LogP contribution is -2.68. The number of nitrogens with zero attached hydrogens (tertiary/aromatic N) is 2. The summed E-state index contributed by atoms with van der Waals surface area (Å²) >= 11 is 0. The van der Waals surface area contributed by atoms with Gasteiger partial charge in [0.1, 0.15) is 17.6 Å². The van der Waals surface area contributed by atoms with Crippen LogP contribution in [0.3, 0.4) is 0 Å². The maximum Gasteiger partial charge on any atom is 0.328 e. The summed E-state index contributed by atoms with van der Waals surface area (Å²) in [5, 5.41) is 0. The summed E-state index contributed by atoms with van der Waals surface area (Å²) in [4.78, 5) is 4.70. The van der Waals surface area contributed by atoms with Crippen LogP contribution in [0.25, 0.3) is 39.5 Å². The van der Waals surface area contributed by atoms with Gasteiger partial charge >= 0.3 is 5.82 Å². The van der Waals surface area contributed by atoms with Gasteiger partial charge in [0.2, 0.25) is 0 Å². The Kier molecular flexibility index (Phi) is 7.85. The Bertz CT molecular complexity index is 1400. The van der Waals surface area contributed by atoms with Crippen molar-refractivity contribution in [1.29, 1.82) is 0 Å². The lowest BCUT2D eigenvalue weighted by molar-refractivity contribution is -2.00. The molecular formula is C29H23ClN2O4. The first-order chi connectivity index (χ1) is 17.3. The van der Waals surface area contributed by atoms with Crippen LogP contribution in [0, 0.1) is 17.2 Å². The third kappa shape index (κ3) is 6.60. The number of hydrogen-bond acceptors (Lipinski definition) is 5. The van der Waals surface area contributed by atoms with Gasteiger partial charge in [0.15, 0.2) is 0 Å². The molecular weight excluding hydrogens is 476 g/mol. The molecule has 2 heterocycles. The Morgan fingerprint density at radius 1 is 0.556 bits per heavy atom. The van der Waals surface area contributed by atoms with Gasteiger partial charge in [0.25, 0.3) is 0 Å². The zero-order valence-corrected chi connectivity index (χ0v) is 20.2. The van der Waals surface area contributed by atoms with Crippen molar-refractivity contribution >= 4 is 0 Å². The van der Waals surface area contributed by atoms with E-state index in [0.29, 0.717) is 0 Å². The van der Waals surface area contributed by atoms with Crippen molar-refractivity contribution in [2.75, 3.05) is 0 Å². The van der Waals surface area contributed by atoms with E-state index in [9.17, 15) is 0 Å². The van der Waals surface area contributed by atoms with Crippen LogP contribution < -0.4 is 23.2 Å². The van der Waals surface area contributed by atoms with Gasteiger partial charge in [0, 0.05) is 17.2 Å². The van der Waals surface area contributed by atoms with Crippen molar-refractivity contribution in [2.45, 2.75) is 6.92 Å². The fraction of sp³-hybridized carbons (Fsp3) is 0.0345. The van der Waals surface area contributed by atoms with E-state index in [1.165, 1.54) is 16.7 Å². The van der Waals surface area contributed by atoms with Crippen LogP contribution in [-0.4, -0.2) is 4.98 Å². The number of rotatable bonds is 4. The summed E-state index contributed by atoms with van der Waals surface area (Å²) in [5.74, 6) is 0.900. The second kappa shape index (κ2) is 11.2. The average Bonchev–Trinajstić information content (AvgIpc) is 2.89. The molecule has 7 heteroatoms. The third-order valence-electron chi connectivity index (χ3n) is 5.47. The molecule has 0 aliphatic rings. The van der Waals surface area contributed by atoms with E-state index in [1.54, 1.807) is 0 Å². The molecule has 5 rings (SSSR count). The third-order valence-corrected chi connectivity index (χ3v) is 5.47. The van der Waals surface area contributed by atoms with E-state index in [2.05, 4.69) is 115 Å². The number of hydrogen-bond donors (Lipinski definition) is 0. The molecule has 0 radical (unpaired) electrons. The lowest BCUT2D eigenvalue weighted by Gasteiger charge is -2.17. The molecule has 6 nitrogen and oxygen atoms in total. The first-order valence-corrected chi connectivity index (χ1v) is 12.3. The molecule has 5 aromatic rings. The molecule has 0 aliphatic carbocycles. The molecule has 0 spiro atoms. The monoisotopic (exact) mass is 498 g/mol. The maximum absolute atomic E-state index is 8.49. The van der Waals surface area contributed by atoms with E-state index in [-0.39, 0.29) is 0 Å². The fourth-order valence-corrected chi connectivity index (χ4v) is 3.88. The second-order valence-corrected chi connectivity index (χ2v) is 8.77. The molecule has 0 amide bonds. The summed E-state index contributed by atoms with van der Waals surface area (Å²) in [6, 6.07) is 40.4. The van der Waals surface area contributed by atoms with Crippen LogP contribution in [0.4, 0.5) is 0 Å². The number of aromatic nitrogens is 2. The van der Waals surface area contributed by atoms with Crippen LogP contribution in [-0.2, 0) is 0 Å². The predicted octanol–water partition coefficient (Wildman–Crippen LogP) is 1.91. The fourth-order valence-electron chi connectivity index (χ4n) is 3.88. The standard InChI is InChI=1S/C29H23N2.ClHO4/c1-22-15-17-25(18-16-22)28-21-26(23-10-4-2-5-11-23)20-27(24-12-6-3-7-13-24)31(28)29-14-8-9-19-30-29;2-1(3,4)5/h2-21H,1H3;(H,2,3,4,5)/q+1;/p-1. The van der Waals surface area contributed by atoms with Crippen LogP contribution in [0.2, 0.25) is 0 Å². The van der Waals surface area contributed by atoms with E-state index >= 15 is 0 Å². The summed E-state index contributed by atoms with van der Waals surface area (Å²) in [6.45, 7) is 2.12. The van der Waals surface area contributed by atoms with Gasteiger partial charge in [-0.3, -0.25) is 0 Å². The van der Waals surface area contributed by atoms with Gasteiger partial charge in [-0.2, -0.15) is 4.57 Å². The molecule has 36 heavy (non-hydrogen) atoms. The Morgan fingerprint density at radius 2 is 1.03 bits per heavy atom. The average molecular weight is 499 g/mol. The van der Waals surface area contributed by atoms with Gasteiger partial charge in [-0.05, 0) is 41.2 Å². The van der Waals surface area contributed by atoms with Crippen molar-refractivity contribution in [1.82, 2.24) is 4.98 Å². The van der Waals surface area contributed by atoms with Crippen molar-refractivity contribution in [3.05, 3.63) is 127 Å². The number of benzene rings is 3. The van der Waals surface area contributed by atoms with E-state index in [1.807, 2.05) is 18.3 Å². The maximum atomic E-state index is 8.49. The normalized spacial score (nSPS) is 10.9. The summed E-state index contributed by atoms with van der Waals surface area (Å²) in [6.07, 6.45) is 1.85. The number of halogens is 1. The molecule has 0 saturated carbocycles. The highest BCUT2D eigenvalue weighted by atomic mass is 35.7. The first-order valence-electron chi connectivity index (χ1n) is 11.1. The van der Waals surface area contributed by atoms with Crippen LogP contribution in [0.15, 0.2) is 121 Å². The second-order valence-electron chi connectivity index (χ2n) is 8.01. The highest BCUT2D eigenvalue weighted by molar-refractivity contribution is 5.74. The molecule has 2 aromatic heterocycles. The van der Waals surface area contributed by atoms with Crippen molar-refractivity contribution in [3.8, 4) is 39.5 Å². The molecule has 0 unspecified atom stereocenters. The van der Waals surface area contributed by atoms with Gasteiger partial charge in [-0.1, -0.05) is 96.6 Å². The van der Waals surface area contributed by atoms with Crippen LogP contribution in [0.1, 0.15) is 5.56 Å². The smallest absolute Gasteiger partial charge is 0.222 e. The molecule has 0 bridgehead atoms. The summed E-state index contributed by atoms with van der Waals surface area (Å²) in [7, 11) is -4.94. The van der Waals surface area contributed by atoms with E-state index in [0.717, 1.165) is 28.3 Å². The van der Waals surface area contributed by atoms with E-state index in [4.69, 9.17) is 23.6 Å². The van der Waals surface area contributed by atoms with Crippen molar-refractivity contribution in [2.24, 2.45) is 0 Å². The molecule has 3 aromatic carbocycles. The molecule has 0 fully saturated rings. The Morgan fingerprint density at radius 3 is 1.53 bits per heavy atom. The minimum absolute atomic E-state index is 0.900. The quantitative estimate of drug-likeness (QED) is 0.352. The minimum Gasteiger partial charge on any atom is -0.222 e. The topological polar surface area (TPSA) is 109 Å². The highest BCUT2D eigenvalue weighted by Gasteiger charge is 2.22. The predicted molar refractivity (Wildman–Crippen MR) is 127 cm³/mol. The Labute approximate surface area is 211 Å². The number of pyridine rings is 2. The molecule has 0 N–H and O–H groups in total. The minimum atomic E-state index is -4.94. The van der Waals surface area contributed by atoms with Gasteiger partial charge < -0.3 is 0 Å². The van der Waals surface area contributed by atoms with Gasteiger partial charge in [-0.25, -0.2) is 18.6 Å². The van der Waals surface area contributed by atoms with Gasteiger partial charge in [-0.15, -0.1) is 10.2 Å². The Balaban J connectivity index is 0.000000556. The van der Waals surface area contributed by atoms with Crippen molar-refractivity contribution in [3.63, 3.8) is 0 Å². The summed E-state index contributed by atoms with van der Waals surface area (Å²) in [5.41, 5.74) is 8.15. The zero-order valence-electron chi connectivity index (χ0n) is 19.5. The molecule has 180 valence electrons. The summed E-state index contributed by atoms with van der Waals surface area (Å²) < 4.78 is 36.2.